The number of morpholine rings is 1. The normalized spacial score (nSPS) is 18.1. The zero-order chi connectivity index (χ0) is 26.1. The van der Waals surface area contributed by atoms with Gasteiger partial charge in [-0.05, 0) is 50.1 Å². The molecule has 2 fully saturated rings. The van der Waals surface area contributed by atoms with Crippen LogP contribution in [0.25, 0.3) is 27.8 Å². The monoisotopic (exact) mass is 516 g/mol. The highest BCUT2D eigenvalue weighted by Gasteiger charge is 2.23. The number of imidazole rings is 1. The predicted octanol–water partition coefficient (Wildman–Crippen LogP) is 3.87. The molecule has 2 aromatic carbocycles. The molecule has 1 atom stereocenters. The quantitative estimate of drug-likeness (QED) is 0.398. The average Bonchev–Trinajstić information content (AvgIpc) is 3.36. The van der Waals surface area contributed by atoms with Crippen LogP contribution in [0, 0.1) is 0 Å². The van der Waals surface area contributed by atoms with Crippen LogP contribution in [0.1, 0.15) is 19.8 Å². The maximum Gasteiger partial charge on any atom is 0.404 e. The standard InChI is InChI=1S/C28H32N6O4/c1-19(32-13-15-37-16-14-32)38-22-6-7-24-23(17-22)29-18-34(24)26-8-5-20-3-2-4-25(27(20)31-26)33-11-9-21(10-12-33)30-28(35)36/h2-8,17-19,21,30H,9-16H2,1H3,(H,35,36). The smallest absolute Gasteiger partial charge is 0.404 e. The Morgan fingerprint density at radius 1 is 1.11 bits per heavy atom. The molecule has 4 heterocycles. The van der Waals surface area contributed by atoms with E-state index in [9.17, 15) is 4.79 Å². The van der Waals surface area contributed by atoms with Crippen LogP contribution in [0.15, 0.2) is 54.9 Å². The second kappa shape index (κ2) is 10.5. The first-order valence-electron chi connectivity index (χ1n) is 13.2. The third-order valence-electron chi connectivity index (χ3n) is 7.48. The molecule has 10 nitrogen and oxygen atoms in total. The van der Waals surface area contributed by atoms with Crippen molar-refractivity contribution in [3.63, 3.8) is 0 Å². The van der Waals surface area contributed by atoms with E-state index in [-0.39, 0.29) is 12.3 Å². The van der Waals surface area contributed by atoms with Crippen LogP contribution in [-0.4, -0.2) is 82.3 Å². The Balaban J connectivity index is 1.25. The molecular weight excluding hydrogens is 484 g/mol. The van der Waals surface area contributed by atoms with Gasteiger partial charge in [-0.3, -0.25) is 9.47 Å². The number of amides is 1. The zero-order valence-electron chi connectivity index (χ0n) is 21.4. The van der Waals surface area contributed by atoms with Gasteiger partial charge in [-0.1, -0.05) is 12.1 Å². The molecule has 2 aliphatic rings. The van der Waals surface area contributed by atoms with E-state index in [0.29, 0.717) is 0 Å². The number of hydrogen-bond donors (Lipinski definition) is 2. The van der Waals surface area contributed by atoms with E-state index in [4.69, 9.17) is 19.6 Å². The SMILES string of the molecule is CC(Oc1ccc2c(c1)ncn2-c1ccc2cccc(N3CCC(NC(=O)O)CC3)c2n1)N1CCOCC1. The van der Waals surface area contributed by atoms with Gasteiger partial charge in [-0.2, -0.15) is 0 Å². The van der Waals surface area contributed by atoms with Gasteiger partial charge in [0.1, 0.15) is 24.1 Å². The second-order valence-corrected chi connectivity index (χ2v) is 9.86. The predicted molar refractivity (Wildman–Crippen MR) is 145 cm³/mol. The number of pyridine rings is 1. The van der Waals surface area contributed by atoms with Gasteiger partial charge < -0.3 is 24.8 Å². The molecule has 10 heteroatoms. The molecule has 38 heavy (non-hydrogen) atoms. The first-order chi connectivity index (χ1) is 18.5. The average molecular weight is 517 g/mol. The molecule has 6 rings (SSSR count). The summed E-state index contributed by atoms with van der Waals surface area (Å²) in [5, 5.41) is 12.7. The van der Waals surface area contributed by atoms with Gasteiger partial charge in [0, 0.05) is 43.7 Å². The van der Waals surface area contributed by atoms with Gasteiger partial charge in [-0.25, -0.2) is 14.8 Å². The van der Waals surface area contributed by atoms with Crippen LogP contribution < -0.4 is 15.0 Å². The van der Waals surface area contributed by atoms with Crippen molar-refractivity contribution in [3.05, 3.63) is 54.9 Å². The first-order valence-corrected chi connectivity index (χ1v) is 13.2. The highest BCUT2D eigenvalue weighted by atomic mass is 16.5. The van der Waals surface area contributed by atoms with Gasteiger partial charge in [0.15, 0.2) is 0 Å². The highest BCUT2D eigenvalue weighted by molar-refractivity contribution is 5.92. The number of anilines is 1. The minimum atomic E-state index is -0.960. The van der Waals surface area contributed by atoms with Crippen LogP contribution >= 0.6 is 0 Å². The fourth-order valence-corrected chi connectivity index (χ4v) is 5.41. The molecule has 0 bridgehead atoms. The van der Waals surface area contributed by atoms with Crippen LogP contribution in [0.5, 0.6) is 5.75 Å². The van der Waals surface area contributed by atoms with Gasteiger partial charge in [-0.15, -0.1) is 0 Å². The number of hydrogen-bond acceptors (Lipinski definition) is 7. The zero-order valence-corrected chi connectivity index (χ0v) is 21.4. The van der Waals surface area contributed by atoms with Crippen LogP contribution in [0.2, 0.25) is 0 Å². The number of benzene rings is 2. The molecule has 1 amide bonds. The largest absolute Gasteiger partial charge is 0.475 e. The molecule has 0 spiro atoms. The number of rotatable bonds is 6. The van der Waals surface area contributed by atoms with Gasteiger partial charge in [0.25, 0.3) is 0 Å². The summed E-state index contributed by atoms with van der Waals surface area (Å²) in [6.07, 6.45) is 2.34. The number of fused-ring (bicyclic) bond motifs is 2. The Hall–Kier alpha value is -3.89. The van der Waals surface area contributed by atoms with Crippen molar-refractivity contribution in [1.82, 2.24) is 24.8 Å². The number of para-hydroxylation sites is 1. The summed E-state index contributed by atoms with van der Waals surface area (Å²) in [6.45, 7) is 6.81. The minimum Gasteiger partial charge on any atom is -0.475 e. The lowest BCUT2D eigenvalue weighted by atomic mass is 10.0. The minimum absolute atomic E-state index is 0.00899. The Bertz CT molecular complexity index is 1440. The number of nitrogens with zero attached hydrogens (tertiary/aromatic N) is 5. The summed E-state index contributed by atoms with van der Waals surface area (Å²) in [7, 11) is 0. The van der Waals surface area contributed by atoms with Gasteiger partial charge in [0.2, 0.25) is 0 Å². The molecule has 2 aliphatic heterocycles. The van der Waals surface area contributed by atoms with Crippen molar-refractivity contribution < 1.29 is 19.4 Å². The number of carbonyl (C=O) groups is 1. The molecule has 2 N–H and O–H groups in total. The summed E-state index contributed by atoms with van der Waals surface area (Å²) in [5.41, 5.74) is 3.80. The first kappa shape index (κ1) is 24.4. The Labute approximate surface area is 220 Å². The number of nitrogens with one attached hydrogen (secondary N) is 1. The van der Waals surface area contributed by atoms with Crippen molar-refractivity contribution in [2.24, 2.45) is 0 Å². The summed E-state index contributed by atoms with van der Waals surface area (Å²) in [6, 6.07) is 16.3. The molecule has 0 radical (unpaired) electrons. The van der Waals surface area contributed by atoms with Crippen molar-refractivity contribution in [3.8, 4) is 11.6 Å². The van der Waals surface area contributed by atoms with E-state index >= 15 is 0 Å². The molecule has 2 aromatic heterocycles. The molecule has 0 aliphatic carbocycles. The maximum atomic E-state index is 11.0. The third kappa shape index (κ3) is 4.97. The summed E-state index contributed by atoms with van der Waals surface area (Å²) >= 11 is 0. The molecule has 4 aromatic rings. The Morgan fingerprint density at radius 2 is 1.92 bits per heavy atom. The topological polar surface area (TPSA) is 105 Å². The van der Waals surface area contributed by atoms with Crippen LogP contribution in [0.3, 0.4) is 0 Å². The lowest BCUT2D eigenvalue weighted by Crippen LogP contribution is -2.44. The van der Waals surface area contributed by atoms with Gasteiger partial charge in [0.05, 0.1) is 35.5 Å². The summed E-state index contributed by atoms with van der Waals surface area (Å²) in [4.78, 5) is 25.3. The Kier molecular flexibility index (Phi) is 6.73. The molecule has 2 saturated heterocycles. The second-order valence-electron chi connectivity index (χ2n) is 9.86. The number of ether oxygens (including phenoxy) is 2. The van der Waals surface area contributed by atoms with E-state index in [2.05, 4.69) is 45.2 Å². The third-order valence-corrected chi connectivity index (χ3v) is 7.48. The van der Waals surface area contributed by atoms with Crippen LogP contribution in [0.4, 0.5) is 10.5 Å². The number of aromatic nitrogens is 3. The van der Waals surface area contributed by atoms with Crippen molar-refractivity contribution in [2.45, 2.75) is 32.0 Å². The van der Waals surface area contributed by atoms with Gasteiger partial charge >= 0.3 is 6.09 Å². The molecule has 0 saturated carbocycles. The lowest BCUT2D eigenvalue weighted by Gasteiger charge is -2.33. The van der Waals surface area contributed by atoms with Crippen LogP contribution in [-0.2, 0) is 4.74 Å². The summed E-state index contributed by atoms with van der Waals surface area (Å²) in [5.74, 6) is 1.58. The fraction of sp³-hybridized carbons (Fsp3) is 0.393. The van der Waals surface area contributed by atoms with E-state index < -0.39 is 6.09 Å². The molecule has 1 unspecified atom stereocenters. The van der Waals surface area contributed by atoms with E-state index in [1.807, 2.05) is 34.9 Å². The Morgan fingerprint density at radius 3 is 2.71 bits per heavy atom. The highest BCUT2D eigenvalue weighted by Crippen LogP contribution is 2.30. The van der Waals surface area contributed by atoms with E-state index in [1.165, 1.54) is 0 Å². The van der Waals surface area contributed by atoms with Crippen molar-refractivity contribution >= 4 is 33.7 Å². The fourth-order valence-electron chi connectivity index (χ4n) is 5.41. The summed E-state index contributed by atoms with van der Waals surface area (Å²) < 4.78 is 13.7. The lowest BCUT2D eigenvalue weighted by molar-refractivity contribution is -0.0372. The van der Waals surface area contributed by atoms with E-state index in [0.717, 1.165) is 91.4 Å². The molecule has 198 valence electrons. The van der Waals surface area contributed by atoms with Crippen molar-refractivity contribution in [1.29, 1.82) is 0 Å². The number of piperidine rings is 1. The number of carboxylic acid groups (broad SMARTS) is 1. The maximum absolute atomic E-state index is 11.0. The van der Waals surface area contributed by atoms with Crippen molar-refractivity contribution in [2.75, 3.05) is 44.3 Å². The molecular formula is C28H32N6O4. The van der Waals surface area contributed by atoms with E-state index in [1.54, 1.807) is 6.33 Å².